The molecule has 1 N–H and O–H groups in total. The molecule has 3 heterocycles. The van der Waals surface area contributed by atoms with Gasteiger partial charge < -0.3 is 10.2 Å². The molecule has 0 saturated heterocycles. The van der Waals surface area contributed by atoms with Crippen molar-refractivity contribution >= 4 is 11.8 Å². The van der Waals surface area contributed by atoms with E-state index in [1.807, 2.05) is 32.4 Å². The molecule has 28 heavy (non-hydrogen) atoms. The summed E-state index contributed by atoms with van der Waals surface area (Å²) in [7, 11) is 1.72. The van der Waals surface area contributed by atoms with Crippen molar-refractivity contribution in [3.8, 4) is 0 Å². The van der Waals surface area contributed by atoms with E-state index in [0.717, 1.165) is 23.5 Å². The molecule has 2 amide bonds. The van der Waals surface area contributed by atoms with E-state index in [1.54, 1.807) is 16.6 Å². The maximum atomic E-state index is 12.9. The predicted molar refractivity (Wildman–Crippen MR) is 104 cm³/mol. The van der Waals surface area contributed by atoms with Gasteiger partial charge in [0.05, 0.1) is 18.3 Å². The number of carbonyl (C=O) groups excluding carboxylic acids is 2. The lowest BCUT2D eigenvalue weighted by molar-refractivity contribution is 0.0775. The summed E-state index contributed by atoms with van der Waals surface area (Å²) >= 11 is 0. The van der Waals surface area contributed by atoms with Crippen LogP contribution in [0, 0.1) is 19.8 Å². The zero-order valence-corrected chi connectivity index (χ0v) is 17.5. The average molecular weight is 387 g/mol. The molecule has 3 rings (SSSR count). The van der Waals surface area contributed by atoms with Crippen molar-refractivity contribution in [1.29, 1.82) is 0 Å². The van der Waals surface area contributed by atoms with E-state index >= 15 is 0 Å². The molecule has 0 radical (unpaired) electrons. The van der Waals surface area contributed by atoms with E-state index in [-0.39, 0.29) is 35.2 Å². The predicted octanol–water partition coefficient (Wildman–Crippen LogP) is 1.19. The largest absolute Gasteiger partial charge is 0.346 e. The minimum Gasteiger partial charge on any atom is -0.346 e. The number of carbonyl (C=O) groups is 2. The van der Waals surface area contributed by atoms with Crippen LogP contribution in [0.15, 0.2) is 0 Å². The van der Waals surface area contributed by atoms with Crippen molar-refractivity contribution in [2.24, 2.45) is 5.92 Å². The van der Waals surface area contributed by atoms with Gasteiger partial charge in [-0.25, -0.2) is 4.68 Å². The first-order valence-corrected chi connectivity index (χ1v) is 9.77. The number of hydrogen-bond donors (Lipinski definition) is 1. The third-order valence-electron chi connectivity index (χ3n) is 5.52. The fraction of sp³-hybridized carbons (Fsp3) is 0.632. The summed E-state index contributed by atoms with van der Waals surface area (Å²) in [6, 6.07) is -0.0107. The van der Waals surface area contributed by atoms with Crippen LogP contribution in [-0.2, 0) is 19.5 Å². The number of aromatic nitrogens is 5. The van der Waals surface area contributed by atoms with Gasteiger partial charge in [0, 0.05) is 25.8 Å². The third kappa shape index (κ3) is 3.53. The van der Waals surface area contributed by atoms with Crippen LogP contribution < -0.4 is 5.32 Å². The molecule has 0 aromatic carbocycles. The zero-order valence-electron chi connectivity index (χ0n) is 17.5. The first-order valence-electron chi connectivity index (χ1n) is 9.77. The van der Waals surface area contributed by atoms with E-state index in [0.29, 0.717) is 19.5 Å². The van der Waals surface area contributed by atoms with Crippen molar-refractivity contribution < 1.29 is 9.59 Å². The van der Waals surface area contributed by atoms with E-state index in [9.17, 15) is 9.59 Å². The standard InChI is InChI=1S/C19H29N7O2/c1-7-25-13(5)14(12(4)22-25)8-9-24(6)19(28)16-17-18(27)20-15(11(2)3)10-26(17)23-21-16/h11,15H,7-10H2,1-6H3,(H,20,27)/t15-/m1/s1. The highest BCUT2D eigenvalue weighted by molar-refractivity contribution is 6.05. The second-order valence-corrected chi connectivity index (χ2v) is 7.73. The van der Waals surface area contributed by atoms with Gasteiger partial charge in [0.15, 0.2) is 11.4 Å². The fourth-order valence-corrected chi connectivity index (χ4v) is 3.62. The number of rotatable bonds is 6. The van der Waals surface area contributed by atoms with Crippen LogP contribution in [0.1, 0.15) is 58.7 Å². The Morgan fingerprint density at radius 1 is 1.36 bits per heavy atom. The minimum absolute atomic E-state index is 0.0107. The van der Waals surface area contributed by atoms with E-state index < -0.39 is 0 Å². The third-order valence-corrected chi connectivity index (χ3v) is 5.52. The van der Waals surface area contributed by atoms with Crippen molar-refractivity contribution in [3.05, 3.63) is 28.3 Å². The highest BCUT2D eigenvalue weighted by atomic mass is 16.2. The molecule has 2 aromatic heterocycles. The van der Waals surface area contributed by atoms with Crippen molar-refractivity contribution in [2.75, 3.05) is 13.6 Å². The van der Waals surface area contributed by atoms with Gasteiger partial charge in [-0.3, -0.25) is 14.3 Å². The van der Waals surface area contributed by atoms with Crippen LogP contribution in [0.25, 0.3) is 0 Å². The molecule has 0 fully saturated rings. The molecule has 0 bridgehead atoms. The highest BCUT2D eigenvalue weighted by Crippen LogP contribution is 2.18. The first kappa shape index (κ1) is 20.0. The van der Waals surface area contributed by atoms with E-state index in [2.05, 4.69) is 27.7 Å². The summed E-state index contributed by atoms with van der Waals surface area (Å²) in [4.78, 5) is 27.0. The van der Waals surface area contributed by atoms with Crippen LogP contribution in [0.4, 0.5) is 0 Å². The lowest BCUT2D eigenvalue weighted by atomic mass is 10.0. The number of fused-ring (bicyclic) bond motifs is 1. The molecular weight excluding hydrogens is 358 g/mol. The molecule has 0 aliphatic carbocycles. The molecule has 0 unspecified atom stereocenters. The lowest BCUT2D eigenvalue weighted by Crippen LogP contribution is -2.48. The molecule has 0 spiro atoms. The molecule has 152 valence electrons. The summed E-state index contributed by atoms with van der Waals surface area (Å²) in [6.07, 6.45) is 0.699. The van der Waals surface area contributed by atoms with Crippen LogP contribution in [-0.4, -0.2) is 61.1 Å². The van der Waals surface area contributed by atoms with Crippen LogP contribution in [0.5, 0.6) is 0 Å². The number of likely N-dealkylation sites (N-methyl/N-ethyl adjacent to an activating group) is 1. The summed E-state index contributed by atoms with van der Waals surface area (Å²) in [5, 5.41) is 15.5. The Morgan fingerprint density at radius 3 is 2.68 bits per heavy atom. The van der Waals surface area contributed by atoms with Gasteiger partial charge in [-0.2, -0.15) is 5.10 Å². The van der Waals surface area contributed by atoms with Gasteiger partial charge >= 0.3 is 0 Å². The SMILES string of the molecule is CCn1nc(C)c(CCN(C)C(=O)c2nnn3c2C(=O)N[C@@H](C(C)C)C3)c1C. The molecule has 9 nitrogen and oxygen atoms in total. The Bertz CT molecular complexity index is 896. The van der Waals surface area contributed by atoms with Crippen molar-refractivity contribution in [3.63, 3.8) is 0 Å². The Labute approximate surface area is 165 Å². The Balaban J connectivity index is 1.73. The van der Waals surface area contributed by atoms with Gasteiger partial charge in [-0.15, -0.1) is 5.10 Å². The lowest BCUT2D eigenvalue weighted by Gasteiger charge is -2.27. The van der Waals surface area contributed by atoms with Crippen LogP contribution in [0.2, 0.25) is 0 Å². The Hall–Kier alpha value is -2.71. The van der Waals surface area contributed by atoms with Gasteiger partial charge in [0.2, 0.25) is 0 Å². The average Bonchev–Trinajstić information content (AvgIpc) is 3.20. The monoisotopic (exact) mass is 387 g/mol. The van der Waals surface area contributed by atoms with Crippen LogP contribution >= 0.6 is 0 Å². The van der Waals surface area contributed by atoms with Crippen molar-refractivity contribution in [2.45, 2.75) is 60.2 Å². The van der Waals surface area contributed by atoms with Crippen LogP contribution in [0.3, 0.4) is 0 Å². The number of nitrogens with zero attached hydrogens (tertiary/aromatic N) is 6. The second-order valence-electron chi connectivity index (χ2n) is 7.73. The topological polar surface area (TPSA) is 97.9 Å². The highest BCUT2D eigenvalue weighted by Gasteiger charge is 2.34. The smallest absolute Gasteiger partial charge is 0.276 e. The maximum absolute atomic E-state index is 12.9. The zero-order chi connectivity index (χ0) is 20.6. The quantitative estimate of drug-likeness (QED) is 0.803. The van der Waals surface area contributed by atoms with E-state index in [1.165, 1.54) is 0 Å². The fourth-order valence-electron chi connectivity index (χ4n) is 3.62. The molecular formula is C19H29N7O2. The summed E-state index contributed by atoms with van der Waals surface area (Å²) in [6.45, 7) is 12.0. The van der Waals surface area contributed by atoms with E-state index in [4.69, 9.17) is 0 Å². The molecule has 1 aliphatic heterocycles. The summed E-state index contributed by atoms with van der Waals surface area (Å²) in [5.41, 5.74) is 3.63. The first-order chi connectivity index (χ1) is 13.2. The Kier molecular flexibility index (Phi) is 5.53. The molecule has 1 aliphatic rings. The summed E-state index contributed by atoms with van der Waals surface area (Å²) < 4.78 is 3.52. The molecule has 0 saturated carbocycles. The summed E-state index contributed by atoms with van der Waals surface area (Å²) in [5.74, 6) is -0.307. The minimum atomic E-state index is -0.294. The second kappa shape index (κ2) is 7.73. The molecule has 1 atom stereocenters. The van der Waals surface area contributed by atoms with Gasteiger partial charge in [0.1, 0.15) is 0 Å². The normalized spacial score (nSPS) is 16.2. The van der Waals surface area contributed by atoms with Gasteiger partial charge in [0.25, 0.3) is 11.8 Å². The Morgan fingerprint density at radius 2 is 2.07 bits per heavy atom. The molecule has 9 heteroatoms. The van der Waals surface area contributed by atoms with Gasteiger partial charge in [-0.1, -0.05) is 19.1 Å². The number of nitrogens with one attached hydrogen (secondary N) is 1. The molecule has 2 aromatic rings. The van der Waals surface area contributed by atoms with Crippen molar-refractivity contribution in [1.82, 2.24) is 35.0 Å². The maximum Gasteiger partial charge on any atom is 0.276 e. The number of aryl methyl sites for hydroxylation is 2. The number of hydrogen-bond acceptors (Lipinski definition) is 5. The number of amides is 2. The van der Waals surface area contributed by atoms with Gasteiger partial charge in [-0.05, 0) is 38.7 Å².